The van der Waals surface area contributed by atoms with Crippen LogP contribution in [0.5, 0.6) is 0 Å². The maximum atomic E-state index is 11.4. The highest BCUT2D eigenvalue weighted by molar-refractivity contribution is 7.05. The minimum absolute atomic E-state index is 0.150. The second-order valence-electron chi connectivity index (χ2n) is 6.70. The molecule has 0 radical (unpaired) electrons. The molecule has 0 spiro atoms. The van der Waals surface area contributed by atoms with Crippen molar-refractivity contribution < 1.29 is 9.53 Å². The van der Waals surface area contributed by atoms with Crippen LogP contribution in [0, 0.1) is 13.8 Å². The topological polar surface area (TPSA) is 39.2 Å². The number of rotatable bonds is 7. The Labute approximate surface area is 198 Å². The molecule has 0 aliphatic rings. The van der Waals surface area contributed by atoms with Crippen molar-refractivity contribution in [3.63, 3.8) is 0 Å². The number of benzene rings is 1. The molecule has 3 nitrogen and oxygen atoms in total. The van der Waals surface area contributed by atoms with Crippen LogP contribution in [0.2, 0.25) is 5.02 Å². The molecule has 0 amide bonds. The van der Waals surface area contributed by atoms with Gasteiger partial charge in [0, 0.05) is 16.3 Å². The lowest BCUT2D eigenvalue weighted by molar-refractivity contribution is -0.149. The summed E-state index contributed by atoms with van der Waals surface area (Å²) in [6, 6.07) is 7.89. The number of ether oxygens (including phenoxy) is 1. The van der Waals surface area contributed by atoms with E-state index in [1.165, 1.54) is 10.5 Å². The average Bonchev–Trinajstić information content (AvgIpc) is 3.21. The van der Waals surface area contributed by atoms with E-state index in [2.05, 4.69) is 36.4 Å². The number of aryl methyl sites for hydroxylation is 2. The van der Waals surface area contributed by atoms with Gasteiger partial charge in [-0.15, -0.1) is 0 Å². The van der Waals surface area contributed by atoms with Gasteiger partial charge in [0.15, 0.2) is 0 Å². The van der Waals surface area contributed by atoms with Crippen molar-refractivity contribution >= 4 is 34.7 Å². The van der Waals surface area contributed by atoms with Crippen LogP contribution in [0.15, 0.2) is 42.5 Å². The molecule has 1 aromatic carbocycles. The standard InChI is InChI=1S/C14H19ClO2.C10H13NS.C2H6/c1-4-6-13(17-14(16)5-2)11-7-8-12(15)10(3)9-11;1-4-6-9(5-2)10-7-8(3)12-11-10;1-2/h7-9,13H,4-6H2,1-3H3;4-7H,1-3H3;1-2H3/b;6-4-,9-5+;. The number of hydrogen-bond donors (Lipinski definition) is 0. The molecule has 1 atom stereocenters. The highest BCUT2D eigenvalue weighted by Crippen LogP contribution is 2.27. The van der Waals surface area contributed by atoms with Crippen LogP contribution in [0.1, 0.15) is 88.6 Å². The molecule has 0 fully saturated rings. The van der Waals surface area contributed by atoms with Gasteiger partial charge in [-0.05, 0) is 74.5 Å². The van der Waals surface area contributed by atoms with Crippen LogP contribution in [0.3, 0.4) is 0 Å². The van der Waals surface area contributed by atoms with Crippen LogP contribution < -0.4 is 0 Å². The normalized spacial score (nSPS) is 11.8. The quantitative estimate of drug-likeness (QED) is 0.304. The summed E-state index contributed by atoms with van der Waals surface area (Å²) < 4.78 is 9.77. The minimum atomic E-state index is -0.156. The van der Waals surface area contributed by atoms with Gasteiger partial charge in [0.05, 0.1) is 5.69 Å². The van der Waals surface area contributed by atoms with Crippen molar-refractivity contribution in [2.24, 2.45) is 0 Å². The van der Waals surface area contributed by atoms with E-state index in [4.69, 9.17) is 16.3 Å². The van der Waals surface area contributed by atoms with Gasteiger partial charge in [-0.1, -0.05) is 76.1 Å². The molecule has 0 aliphatic carbocycles. The number of esters is 1. The molecule has 1 aromatic heterocycles. The van der Waals surface area contributed by atoms with E-state index in [9.17, 15) is 4.79 Å². The van der Waals surface area contributed by atoms with Gasteiger partial charge in [-0.3, -0.25) is 4.79 Å². The van der Waals surface area contributed by atoms with E-state index in [1.54, 1.807) is 18.5 Å². The lowest BCUT2D eigenvalue weighted by Gasteiger charge is -2.18. The molecule has 2 rings (SSSR count). The molecule has 0 saturated heterocycles. The number of hydrogen-bond acceptors (Lipinski definition) is 4. The zero-order valence-electron chi connectivity index (χ0n) is 20.3. The van der Waals surface area contributed by atoms with Crippen molar-refractivity contribution in [3.05, 3.63) is 69.2 Å². The minimum Gasteiger partial charge on any atom is -0.457 e. The summed E-state index contributed by atoms with van der Waals surface area (Å²) in [6.45, 7) is 16.0. The van der Waals surface area contributed by atoms with Crippen LogP contribution in [0.25, 0.3) is 5.57 Å². The molecule has 5 heteroatoms. The Morgan fingerprint density at radius 2 is 1.87 bits per heavy atom. The fourth-order valence-electron chi connectivity index (χ4n) is 2.68. The second-order valence-corrected chi connectivity index (χ2v) is 8.11. The summed E-state index contributed by atoms with van der Waals surface area (Å²) in [5.41, 5.74) is 4.31. The van der Waals surface area contributed by atoms with E-state index in [-0.39, 0.29) is 12.1 Å². The maximum absolute atomic E-state index is 11.4. The number of aromatic nitrogens is 1. The van der Waals surface area contributed by atoms with Gasteiger partial charge in [0.1, 0.15) is 6.10 Å². The average molecular weight is 464 g/mol. The number of allylic oxidation sites excluding steroid dienone is 4. The Kier molecular flexibility index (Phi) is 15.7. The molecular formula is C26H38ClNO2S. The first-order valence-corrected chi connectivity index (χ1v) is 12.2. The first-order valence-electron chi connectivity index (χ1n) is 11.0. The molecular weight excluding hydrogens is 426 g/mol. The lowest BCUT2D eigenvalue weighted by atomic mass is 10.0. The SMILES string of the molecule is C/C=C\C(=C/C)c1cc(C)sn1.CC.CCCC(OC(=O)CC)c1ccc(Cl)c(C)c1. The molecule has 172 valence electrons. The van der Waals surface area contributed by atoms with Crippen LogP contribution in [-0.2, 0) is 9.53 Å². The predicted molar refractivity (Wildman–Crippen MR) is 137 cm³/mol. The monoisotopic (exact) mass is 463 g/mol. The fourth-order valence-corrected chi connectivity index (χ4v) is 3.36. The zero-order valence-corrected chi connectivity index (χ0v) is 21.9. The smallest absolute Gasteiger partial charge is 0.306 e. The molecule has 1 unspecified atom stereocenters. The van der Waals surface area contributed by atoms with Crippen molar-refractivity contribution in [3.8, 4) is 0 Å². The third-order valence-corrected chi connectivity index (χ3v) is 5.37. The molecule has 31 heavy (non-hydrogen) atoms. The Morgan fingerprint density at radius 1 is 1.19 bits per heavy atom. The Balaban J connectivity index is 0.000000564. The molecule has 1 heterocycles. The first-order chi connectivity index (χ1) is 14.9. The second kappa shape index (κ2) is 16.7. The van der Waals surface area contributed by atoms with E-state index >= 15 is 0 Å². The van der Waals surface area contributed by atoms with Gasteiger partial charge in [0.25, 0.3) is 0 Å². The summed E-state index contributed by atoms with van der Waals surface area (Å²) in [6.07, 6.45) is 8.26. The van der Waals surface area contributed by atoms with Crippen LogP contribution >= 0.6 is 23.1 Å². The molecule has 0 saturated carbocycles. The third-order valence-electron chi connectivity index (χ3n) is 4.25. The summed E-state index contributed by atoms with van der Waals surface area (Å²) in [7, 11) is 0. The van der Waals surface area contributed by atoms with E-state index in [1.807, 2.05) is 58.9 Å². The number of nitrogens with zero attached hydrogens (tertiary/aromatic N) is 1. The Bertz CT molecular complexity index is 840. The summed E-state index contributed by atoms with van der Waals surface area (Å²) in [5.74, 6) is -0.156. The summed E-state index contributed by atoms with van der Waals surface area (Å²) >= 11 is 7.54. The summed E-state index contributed by atoms with van der Waals surface area (Å²) in [5, 5.41) is 0.741. The van der Waals surface area contributed by atoms with Gasteiger partial charge < -0.3 is 4.74 Å². The van der Waals surface area contributed by atoms with Gasteiger partial charge in [-0.25, -0.2) is 0 Å². The van der Waals surface area contributed by atoms with Crippen LogP contribution in [-0.4, -0.2) is 10.3 Å². The Morgan fingerprint density at radius 3 is 2.32 bits per heavy atom. The maximum Gasteiger partial charge on any atom is 0.306 e. The van der Waals surface area contributed by atoms with Crippen LogP contribution in [0.4, 0.5) is 0 Å². The van der Waals surface area contributed by atoms with Gasteiger partial charge >= 0.3 is 5.97 Å². The molecule has 0 N–H and O–H groups in total. The van der Waals surface area contributed by atoms with E-state index in [0.717, 1.165) is 34.7 Å². The van der Waals surface area contributed by atoms with Crippen molar-refractivity contribution in [2.75, 3.05) is 0 Å². The largest absolute Gasteiger partial charge is 0.457 e. The van der Waals surface area contributed by atoms with Gasteiger partial charge in [0.2, 0.25) is 0 Å². The third kappa shape index (κ3) is 10.8. The van der Waals surface area contributed by atoms with Gasteiger partial charge in [-0.2, -0.15) is 4.37 Å². The van der Waals surface area contributed by atoms with E-state index < -0.39 is 0 Å². The highest BCUT2D eigenvalue weighted by atomic mass is 35.5. The summed E-state index contributed by atoms with van der Waals surface area (Å²) in [4.78, 5) is 12.6. The number of carbonyl (C=O) groups excluding carboxylic acids is 1. The highest BCUT2D eigenvalue weighted by Gasteiger charge is 2.15. The fraction of sp³-hybridized carbons (Fsp3) is 0.462. The molecule has 0 bridgehead atoms. The predicted octanol–water partition coefficient (Wildman–Crippen LogP) is 8.90. The van der Waals surface area contributed by atoms with Crippen molar-refractivity contribution in [2.45, 2.75) is 80.8 Å². The molecule has 2 aromatic rings. The van der Waals surface area contributed by atoms with Crippen molar-refractivity contribution in [1.82, 2.24) is 4.37 Å². The first kappa shape index (κ1) is 29.1. The number of carbonyl (C=O) groups is 1. The number of halogens is 1. The molecule has 0 aliphatic heterocycles. The zero-order chi connectivity index (χ0) is 23.8. The van der Waals surface area contributed by atoms with Crippen molar-refractivity contribution in [1.29, 1.82) is 0 Å². The lowest BCUT2D eigenvalue weighted by Crippen LogP contribution is -2.10. The van der Waals surface area contributed by atoms with E-state index in [0.29, 0.717) is 6.42 Å². The Hall–Kier alpha value is -1.91.